The second kappa shape index (κ2) is 6.97. The summed E-state index contributed by atoms with van der Waals surface area (Å²) in [5.41, 5.74) is 5.69. The summed E-state index contributed by atoms with van der Waals surface area (Å²) in [4.78, 5) is 11.1. The van der Waals surface area contributed by atoms with Crippen LogP contribution in [0.25, 0.3) is 0 Å². The standard InChI is InChI=1S/C14H23N3O2/c1-6-19-14(18)16-15-8-13-7-11(4)17(12(13)5)9-10(2)3/h7-8,10H,6,9H2,1-5H3,(H,16,18). The van der Waals surface area contributed by atoms with Gasteiger partial charge >= 0.3 is 6.09 Å². The lowest BCUT2D eigenvalue weighted by Gasteiger charge is -2.11. The first kappa shape index (κ1) is 15.3. The molecule has 5 heteroatoms. The molecule has 5 nitrogen and oxygen atoms in total. The van der Waals surface area contributed by atoms with Crippen LogP contribution in [0.5, 0.6) is 0 Å². The molecule has 19 heavy (non-hydrogen) atoms. The van der Waals surface area contributed by atoms with Gasteiger partial charge in [-0.3, -0.25) is 0 Å². The first-order valence-corrected chi connectivity index (χ1v) is 6.58. The molecule has 1 aromatic heterocycles. The van der Waals surface area contributed by atoms with Gasteiger partial charge in [0.05, 0.1) is 12.8 Å². The quantitative estimate of drug-likeness (QED) is 0.657. The molecule has 1 amide bonds. The second-order valence-electron chi connectivity index (χ2n) is 4.92. The van der Waals surface area contributed by atoms with E-state index in [1.54, 1.807) is 13.1 Å². The third-order valence-electron chi connectivity index (χ3n) is 2.80. The predicted molar refractivity (Wildman–Crippen MR) is 76.5 cm³/mol. The molecule has 0 aliphatic rings. The smallest absolute Gasteiger partial charge is 0.427 e. The van der Waals surface area contributed by atoms with Gasteiger partial charge in [-0.15, -0.1) is 0 Å². The second-order valence-corrected chi connectivity index (χ2v) is 4.92. The fourth-order valence-corrected chi connectivity index (χ4v) is 1.92. The Morgan fingerprint density at radius 1 is 1.53 bits per heavy atom. The van der Waals surface area contributed by atoms with Crippen LogP contribution in [0.3, 0.4) is 0 Å². The third-order valence-corrected chi connectivity index (χ3v) is 2.80. The summed E-state index contributed by atoms with van der Waals surface area (Å²) in [6, 6.07) is 2.06. The van der Waals surface area contributed by atoms with Crippen LogP contribution >= 0.6 is 0 Å². The molecule has 0 radical (unpaired) electrons. The number of rotatable bonds is 5. The monoisotopic (exact) mass is 265 g/mol. The summed E-state index contributed by atoms with van der Waals surface area (Å²) in [5.74, 6) is 0.590. The highest BCUT2D eigenvalue weighted by Gasteiger charge is 2.08. The van der Waals surface area contributed by atoms with Crippen molar-refractivity contribution in [2.75, 3.05) is 6.61 Å². The molecule has 1 N–H and O–H groups in total. The Kier molecular flexibility index (Phi) is 5.60. The minimum Gasteiger partial charge on any atom is -0.449 e. The number of aromatic nitrogens is 1. The van der Waals surface area contributed by atoms with Crippen LogP contribution in [0.15, 0.2) is 11.2 Å². The number of aryl methyl sites for hydroxylation is 1. The van der Waals surface area contributed by atoms with Gasteiger partial charge in [-0.1, -0.05) is 13.8 Å². The number of nitrogens with one attached hydrogen (secondary N) is 1. The summed E-state index contributed by atoms with van der Waals surface area (Å²) < 4.78 is 6.98. The van der Waals surface area contributed by atoms with Crippen LogP contribution in [0.1, 0.15) is 37.7 Å². The molecule has 0 spiro atoms. The number of hydrazone groups is 1. The molecule has 0 fully saturated rings. The van der Waals surface area contributed by atoms with Crippen molar-refractivity contribution in [1.29, 1.82) is 0 Å². The van der Waals surface area contributed by atoms with Gasteiger partial charge in [-0.05, 0) is 32.8 Å². The molecule has 0 unspecified atom stereocenters. The Morgan fingerprint density at radius 2 is 2.21 bits per heavy atom. The van der Waals surface area contributed by atoms with Crippen molar-refractivity contribution >= 4 is 12.3 Å². The number of hydrogen-bond donors (Lipinski definition) is 1. The van der Waals surface area contributed by atoms with E-state index in [1.165, 1.54) is 5.69 Å². The van der Waals surface area contributed by atoms with Crippen LogP contribution in [-0.2, 0) is 11.3 Å². The van der Waals surface area contributed by atoms with E-state index >= 15 is 0 Å². The predicted octanol–water partition coefficient (Wildman–Crippen LogP) is 2.84. The molecule has 1 aromatic rings. The Labute approximate surface area is 114 Å². The number of carbonyl (C=O) groups is 1. The summed E-state index contributed by atoms with van der Waals surface area (Å²) in [7, 11) is 0. The van der Waals surface area contributed by atoms with Crippen molar-refractivity contribution in [3.63, 3.8) is 0 Å². The first-order chi connectivity index (χ1) is 8.95. The van der Waals surface area contributed by atoms with Gasteiger partial charge in [-0.2, -0.15) is 5.10 Å². The summed E-state index contributed by atoms with van der Waals surface area (Å²) in [5, 5.41) is 3.89. The van der Waals surface area contributed by atoms with E-state index in [9.17, 15) is 4.79 Å². The molecule has 0 saturated heterocycles. The van der Waals surface area contributed by atoms with Crippen LogP contribution < -0.4 is 5.43 Å². The van der Waals surface area contributed by atoms with Gasteiger partial charge in [0.15, 0.2) is 0 Å². The van der Waals surface area contributed by atoms with Gasteiger partial charge in [-0.25, -0.2) is 10.2 Å². The van der Waals surface area contributed by atoms with E-state index < -0.39 is 6.09 Å². The van der Waals surface area contributed by atoms with Crippen molar-refractivity contribution in [3.8, 4) is 0 Å². The maximum absolute atomic E-state index is 11.1. The highest BCUT2D eigenvalue weighted by molar-refractivity contribution is 5.82. The number of carbonyl (C=O) groups excluding carboxylic acids is 1. The lowest BCUT2D eigenvalue weighted by Crippen LogP contribution is -2.18. The molecular weight excluding hydrogens is 242 g/mol. The van der Waals surface area contributed by atoms with Crippen molar-refractivity contribution in [2.45, 2.75) is 41.2 Å². The van der Waals surface area contributed by atoms with Crippen LogP contribution in [-0.4, -0.2) is 23.5 Å². The molecule has 0 aliphatic heterocycles. The van der Waals surface area contributed by atoms with E-state index in [0.29, 0.717) is 12.5 Å². The molecule has 0 atom stereocenters. The number of ether oxygens (including phenoxy) is 1. The average molecular weight is 265 g/mol. The number of hydrogen-bond acceptors (Lipinski definition) is 3. The lowest BCUT2D eigenvalue weighted by atomic mass is 10.2. The van der Waals surface area contributed by atoms with Crippen molar-refractivity contribution in [3.05, 3.63) is 23.0 Å². The number of amides is 1. The van der Waals surface area contributed by atoms with Gasteiger partial charge in [0, 0.05) is 23.5 Å². The topological polar surface area (TPSA) is 55.6 Å². The molecule has 0 bridgehead atoms. The van der Waals surface area contributed by atoms with Crippen molar-refractivity contribution < 1.29 is 9.53 Å². The van der Waals surface area contributed by atoms with Gasteiger partial charge < -0.3 is 9.30 Å². The molecule has 1 heterocycles. The zero-order valence-corrected chi connectivity index (χ0v) is 12.4. The highest BCUT2D eigenvalue weighted by atomic mass is 16.5. The summed E-state index contributed by atoms with van der Waals surface area (Å²) >= 11 is 0. The van der Waals surface area contributed by atoms with Crippen LogP contribution in [0.4, 0.5) is 4.79 Å². The maximum atomic E-state index is 11.1. The summed E-state index contributed by atoms with van der Waals surface area (Å²) in [6.07, 6.45) is 1.12. The molecule has 0 saturated carbocycles. The highest BCUT2D eigenvalue weighted by Crippen LogP contribution is 2.15. The Balaban J connectivity index is 2.74. The molecule has 1 rings (SSSR count). The van der Waals surface area contributed by atoms with E-state index in [-0.39, 0.29) is 0 Å². The Bertz CT molecular complexity index is 462. The van der Waals surface area contributed by atoms with Crippen LogP contribution in [0.2, 0.25) is 0 Å². The average Bonchev–Trinajstić information content (AvgIpc) is 2.57. The molecule has 106 valence electrons. The normalized spacial score (nSPS) is 11.3. The lowest BCUT2D eigenvalue weighted by molar-refractivity contribution is 0.152. The van der Waals surface area contributed by atoms with Gasteiger partial charge in [0.1, 0.15) is 0 Å². The minimum absolute atomic E-state index is 0.338. The SMILES string of the molecule is CCOC(=O)NN=Cc1cc(C)n(CC(C)C)c1C. The molecular formula is C14H23N3O2. The zero-order chi connectivity index (χ0) is 14.4. The van der Waals surface area contributed by atoms with Crippen molar-refractivity contribution in [2.24, 2.45) is 11.0 Å². The Morgan fingerprint density at radius 3 is 2.79 bits per heavy atom. The molecule has 0 aliphatic carbocycles. The Hall–Kier alpha value is -1.78. The maximum Gasteiger partial charge on any atom is 0.427 e. The fraction of sp³-hybridized carbons (Fsp3) is 0.571. The fourth-order valence-electron chi connectivity index (χ4n) is 1.92. The number of nitrogens with zero attached hydrogens (tertiary/aromatic N) is 2. The molecule has 0 aromatic carbocycles. The van der Waals surface area contributed by atoms with E-state index in [1.807, 2.05) is 0 Å². The van der Waals surface area contributed by atoms with Crippen LogP contribution in [0, 0.1) is 19.8 Å². The summed E-state index contributed by atoms with van der Waals surface area (Å²) in [6.45, 7) is 11.6. The van der Waals surface area contributed by atoms with Gasteiger partial charge in [0.2, 0.25) is 0 Å². The van der Waals surface area contributed by atoms with E-state index in [0.717, 1.165) is 17.8 Å². The first-order valence-electron chi connectivity index (χ1n) is 6.58. The largest absolute Gasteiger partial charge is 0.449 e. The third kappa shape index (κ3) is 4.43. The van der Waals surface area contributed by atoms with E-state index in [2.05, 4.69) is 48.9 Å². The minimum atomic E-state index is -0.533. The van der Waals surface area contributed by atoms with Crippen molar-refractivity contribution in [1.82, 2.24) is 9.99 Å². The van der Waals surface area contributed by atoms with Gasteiger partial charge in [0.25, 0.3) is 0 Å². The zero-order valence-electron chi connectivity index (χ0n) is 12.4. The van der Waals surface area contributed by atoms with E-state index in [4.69, 9.17) is 4.74 Å².